The number of likely N-dealkylation sites (tertiary alicyclic amines) is 1. The molecular weight excluding hydrogens is 309 g/mol. The van der Waals surface area contributed by atoms with Crippen LogP contribution >= 0.6 is 23.2 Å². The molecule has 1 aliphatic heterocycles. The summed E-state index contributed by atoms with van der Waals surface area (Å²) in [6.45, 7) is 1.39. The molecule has 3 rings (SSSR count). The first-order chi connectivity index (χ1) is 10.0. The third-order valence-corrected chi connectivity index (χ3v) is 5.66. The molecule has 0 aromatic heterocycles. The third-order valence-electron chi connectivity index (χ3n) is 4.92. The molecule has 1 saturated carbocycles. The Hall–Kier alpha value is -0.770. The molecule has 1 aliphatic carbocycles. The zero-order valence-corrected chi connectivity index (χ0v) is 13.3. The van der Waals surface area contributed by atoms with E-state index < -0.39 is 0 Å². The number of carbonyl (C=O) groups excluding carboxylic acids is 1. The Morgan fingerprint density at radius 2 is 2.00 bits per heavy atom. The van der Waals surface area contributed by atoms with Crippen molar-refractivity contribution in [2.45, 2.75) is 38.2 Å². The van der Waals surface area contributed by atoms with Gasteiger partial charge < -0.3 is 10.0 Å². The molecule has 2 fully saturated rings. The van der Waals surface area contributed by atoms with Crippen LogP contribution in [0.3, 0.4) is 0 Å². The summed E-state index contributed by atoms with van der Waals surface area (Å²) in [7, 11) is 0. The van der Waals surface area contributed by atoms with E-state index in [1.807, 2.05) is 4.90 Å². The number of carbonyl (C=O) groups is 1. The van der Waals surface area contributed by atoms with Gasteiger partial charge in [-0.3, -0.25) is 4.79 Å². The maximum atomic E-state index is 12.7. The molecule has 1 aromatic carbocycles. The Labute approximate surface area is 134 Å². The van der Waals surface area contributed by atoms with Gasteiger partial charge in [0.2, 0.25) is 0 Å². The predicted octanol–water partition coefficient (Wildman–Crippen LogP) is 3.76. The van der Waals surface area contributed by atoms with Gasteiger partial charge in [-0.15, -0.1) is 0 Å². The van der Waals surface area contributed by atoms with Gasteiger partial charge in [0.1, 0.15) is 0 Å². The Balaban J connectivity index is 1.79. The van der Waals surface area contributed by atoms with Crippen LogP contribution in [-0.4, -0.2) is 35.1 Å². The van der Waals surface area contributed by atoms with Gasteiger partial charge in [-0.05, 0) is 43.9 Å². The second-order valence-corrected chi connectivity index (χ2v) is 7.04. The lowest BCUT2D eigenvalue weighted by Gasteiger charge is -2.42. The summed E-state index contributed by atoms with van der Waals surface area (Å²) in [5.74, 6) is -0.0215. The van der Waals surface area contributed by atoms with Crippen molar-refractivity contribution in [3.05, 3.63) is 33.8 Å². The Morgan fingerprint density at radius 1 is 1.24 bits per heavy atom. The molecule has 1 aromatic rings. The first-order valence-electron chi connectivity index (χ1n) is 7.44. The molecule has 0 unspecified atom stereocenters. The lowest BCUT2D eigenvalue weighted by Crippen LogP contribution is -2.49. The van der Waals surface area contributed by atoms with Gasteiger partial charge in [0, 0.05) is 24.1 Å². The highest BCUT2D eigenvalue weighted by Crippen LogP contribution is 2.45. The number of piperidine rings is 1. The fourth-order valence-electron chi connectivity index (χ4n) is 3.74. The van der Waals surface area contributed by atoms with E-state index in [1.54, 1.807) is 18.2 Å². The van der Waals surface area contributed by atoms with Crippen LogP contribution in [-0.2, 0) is 0 Å². The normalized spacial score (nSPS) is 29.1. The van der Waals surface area contributed by atoms with Crippen molar-refractivity contribution >= 4 is 29.1 Å². The smallest absolute Gasteiger partial charge is 0.253 e. The summed E-state index contributed by atoms with van der Waals surface area (Å²) < 4.78 is 0. The fourth-order valence-corrected chi connectivity index (χ4v) is 4.04. The van der Waals surface area contributed by atoms with E-state index in [4.69, 9.17) is 23.2 Å². The van der Waals surface area contributed by atoms with E-state index in [9.17, 15) is 9.90 Å². The topological polar surface area (TPSA) is 40.5 Å². The SMILES string of the molecule is O=C(c1ccc(Cl)c(Cl)c1)N1CCC[C@@]2(CCC[C@H]2O)C1. The molecule has 1 heterocycles. The zero-order chi connectivity index (χ0) is 15.0. The molecule has 1 N–H and O–H groups in total. The van der Waals surface area contributed by atoms with Crippen molar-refractivity contribution in [2.24, 2.45) is 5.41 Å². The number of aliphatic hydroxyl groups is 1. The van der Waals surface area contributed by atoms with Crippen LogP contribution in [0.5, 0.6) is 0 Å². The molecule has 1 saturated heterocycles. The standard InChI is InChI=1S/C16H19Cl2NO2/c17-12-5-4-11(9-13(12)18)15(21)19-8-2-7-16(10-19)6-1-3-14(16)20/h4-5,9,14,20H,1-3,6-8,10H2/t14-,16+/m1/s1. The molecule has 0 bridgehead atoms. The van der Waals surface area contributed by atoms with Crippen molar-refractivity contribution in [1.82, 2.24) is 4.90 Å². The second kappa shape index (κ2) is 5.79. The second-order valence-electron chi connectivity index (χ2n) is 6.23. The van der Waals surface area contributed by atoms with Crippen molar-refractivity contribution in [2.75, 3.05) is 13.1 Å². The zero-order valence-electron chi connectivity index (χ0n) is 11.8. The van der Waals surface area contributed by atoms with Crippen LogP contribution < -0.4 is 0 Å². The summed E-state index contributed by atoms with van der Waals surface area (Å²) in [6, 6.07) is 4.99. The van der Waals surface area contributed by atoms with Gasteiger partial charge in [-0.1, -0.05) is 29.6 Å². The van der Waals surface area contributed by atoms with Gasteiger partial charge in [0.25, 0.3) is 5.91 Å². The number of nitrogens with zero attached hydrogens (tertiary/aromatic N) is 1. The number of amides is 1. The van der Waals surface area contributed by atoms with Crippen LogP contribution in [0.15, 0.2) is 18.2 Å². The number of hydrogen-bond donors (Lipinski definition) is 1. The van der Waals surface area contributed by atoms with Gasteiger partial charge in [-0.2, -0.15) is 0 Å². The monoisotopic (exact) mass is 327 g/mol. The first-order valence-corrected chi connectivity index (χ1v) is 8.20. The molecule has 1 spiro atoms. The van der Waals surface area contributed by atoms with E-state index in [2.05, 4.69) is 0 Å². The minimum absolute atomic E-state index is 0.0215. The molecule has 5 heteroatoms. The summed E-state index contributed by atoms with van der Waals surface area (Å²) in [5.41, 5.74) is 0.471. The summed E-state index contributed by atoms with van der Waals surface area (Å²) in [5, 5.41) is 11.1. The number of benzene rings is 1. The molecule has 2 aliphatic rings. The molecule has 21 heavy (non-hydrogen) atoms. The maximum Gasteiger partial charge on any atom is 0.253 e. The average molecular weight is 328 g/mol. The van der Waals surface area contributed by atoms with E-state index in [0.29, 0.717) is 22.2 Å². The molecule has 1 amide bonds. The number of rotatable bonds is 1. The third kappa shape index (κ3) is 2.79. The van der Waals surface area contributed by atoms with Crippen LogP contribution in [0.25, 0.3) is 0 Å². The van der Waals surface area contributed by atoms with E-state index >= 15 is 0 Å². The molecule has 3 nitrogen and oxygen atoms in total. The Kier molecular flexibility index (Phi) is 4.17. The van der Waals surface area contributed by atoms with Gasteiger partial charge in [0.05, 0.1) is 16.1 Å². The first kappa shape index (κ1) is 15.1. The van der Waals surface area contributed by atoms with Crippen LogP contribution in [0.2, 0.25) is 10.0 Å². The minimum atomic E-state index is -0.276. The fraction of sp³-hybridized carbons (Fsp3) is 0.562. The van der Waals surface area contributed by atoms with Gasteiger partial charge >= 0.3 is 0 Å². The summed E-state index contributed by atoms with van der Waals surface area (Å²) >= 11 is 11.9. The minimum Gasteiger partial charge on any atom is -0.392 e. The highest BCUT2D eigenvalue weighted by Gasteiger charge is 2.45. The van der Waals surface area contributed by atoms with Crippen molar-refractivity contribution in [3.8, 4) is 0 Å². The van der Waals surface area contributed by atoms with Gasteiger partial charge in [-0.25, -0.2) is 0 Å². The van der Waals surface area contributed by atoms with E-state index in [-0.39, 0.29) is 17.4 Å². The number of hydrogen-bond acceptors (Lipinski definition) is 2. The maximum absolute atomic E-state index is 12.7. The summed E-state index contributed by atoms with van der Waals surface area (Å²) in [6.07, 6.45) is 4.61. The predicted molar refractivity (Wildman–Crippen MR) is 83.9 cm³/mol. The largest absolute Gasteiger partial charge is 0.392 e. The van der Waals surface area contributed by atoms with Crippen molar-refractivity contribution < 1.29 is 9.90 Å². The summed E-state index contributed by atoms with van der Waals surface area (Å²) in [4.78, 5) is 14.5. The quantitative estimate of drug-likeness (QED) is 0.853. The van der Waals surface area contributed by atoms with E-state index in [0.717, 1.165) is 38.6 Å². The Bertz CT molecular complexity index is 563. The highest BCUT2D eigenvalue weighted by atomic mass is 35.5. The van der Waals surface area contributed by atoms with Crippen LogP contribution in [0.1, 0.15) is 42.5 Å². The molecule has 0 radical (unpaired) electrons. The average Bonchev–Trinajstić information content (AvgIpc) is 2.82. The van der Waals surface area contributed by atoms with Crippen LogP contribution in [0, 0.1) is 5.41 Å². The molecule has 114 valence electrons. The van der Waals surface area contributed by atoms with Crippen LogP contribution in [0.4, 0.5) is 0 Å². The lowest BCUT2D eigenvalue weighted by molar-refractivity contribution is -0.00535. The number of halogens is 2. The highest BCUT2D eigenvalue weighted by molar-refractivity contribution is 6.42. The number of aliphatic hydroxyl groups excluding tert-OH is 1. The van der Waals surface area contributed by atoms with Crippen molar-refractivity contribution in [3.63, 3.8) is 0 Å². The van der Waals surface area contributed by atoms with Crippen molar-refractivity contribution in [1.29, 1.82) is 0 Å². The van der Waals surface area contributed by atoms with E-state index in [1.165, 1.54) is 0 Å². The lowest BCUT2D eigenvalue weighted by atomic mass is 9.76. The van der Waals surface area contributed by atoms with Gasteiger partial charge in [0.15, 0.2) is 0 Å². The Morgan fingerprint density at radius 3 is 2.67 bits per heavy atom. The molecule has 2 atom stereocenters. The molecular formula is C16H19Cl2NO2.